The van der Waals surface area contributed by atoms with Crippen molar-refractivity contribution in [3.8, 4) is 0 Å². The van der Waals surface area contributed by atoms with Crippen LogP contribution >= 0.6 is 0 Å². The number of hydrogen-bond acceptors (Lipinski definition) is 2. The predicted octanol–water partition coefficient (Wildman–Crippen LogP) is 4.92. The van der Waals surface area contributed by atoms with Crippen LogP contribution in [0.15, 0.2) is 48.5 Å². The molecule has 0 atom stereocenters. The first kappa shape index (κ1) is 16.5. The van der Waals surface area contributed by atoms with E-state index in [0.717, 1.165) is 11.8 Å². The number of fused-ring (bicyclic) bond motifs is 2. The molecule has 0 aromatic heterocycles. The van der Waals surface area contributed by atoms with E-state index in [-0.39, 0.29) is 5.41 Å². The first-order valence-electron chi connectivity index (χ1n) is 9.59. The fourth-order valence-electron chi connectivity index (χ4n) is 5.52. The Labute approximate surface area is 152 Å². The van der Waals surface area contributed by atoms with Gasteiger partial charge in [-0.1, -0.05) is 24.3 Å². The molecule has 2 aliphatic rings. The van der Waals surface area contributed by atoms with Gasteiger partial charge in [0.05, 0.1) is 0 Å². The number of nitrogens with zero attached hydrogens (tertiary/aromatic N) is 2. The zero-order chi connectivity index (χ0) is 17.6. The topological polar surface area (TPSA) is 6.48 Å². The molecule has 2 heteroatoms. The van der Waals surface area contributed by atoms with Gasteiger partial charge in [-0.25, -0.2) is 0 Å². The highest BCUT2D eigenvalue weighted by Gasteiger charge is 2.55. The summed E-state index contributed by atoms with van der Waals surface area (Å²) in [5.41, 5.74) is 5.86. The molecule has 0 aliphatic heterocycles. The van der Waals surface area contributed by atoms with Gasteiger partial charge in [0.25, 0.3) is 0 Å². The minimum Gasteiger partial charge on any atom is -0.378 e. The molecule has 0 radical (unpaired) electrons. The van der Waals surface area contributed by atoms with Crippen LogP contribution in [0, 0.1) is 11.8 Å². The lowest BCUT2D eigenvalue weighted by Crippen LogP contribution is -2.33. The third kappa shape index (κ3) is 2.46. The van der Waals surface area contributed by atoms with Crippen molar-refractivity contribution in [2.75, 3.05) is 38.0 Å². The first-order valence-corrected chi connectivity index (χ1v) is 9.59. The Kier molecular flexibility index (Phi) is 4.02. The molecule has 2 bridgehead atoms. The molecule has 0 heterocycles. The van der Waals surface area contributed by atoms with Crippen LogP contribution in [0.1, 0.15) is 36.8 Å². The third-order valence-electron chi connectivity index (χ3n) is 6.74. The van der Waals surface area contributed by atoms with E-state index >= 15 is 0 Å². The zero-order valence-corrected chi connectivity index (χ0v) is 16.0. The number of benzene rings is 2. The monoisotopic (exact) mass is 334 g/mol. The molecular formula is C23H30N2. The summed E-state index contributed by atoms with van der Waals surface area (Å²) in [6.45, 7) is 0. The molecule has 2 aromatic carbocycles. The highest BCUT2D eigenvalue weighted by Crippen LogP contribution is 2.62. The predicted molar refractivity (Wildman–Crippen MR) is 108 cm³/mol. The minimum absolute atomic E-state index is 0.232. The van der Waals surface area contributed by atoms with Gasteiger partial charge < -0.3 is 9.80 Å². The van der Waals surface area contributed by atoms with Crippen LogP contribution in [0.4, 0.5) is 11.4 Å². The van der Waals surface area contributed by atoms with E-state index in [1.807, 2.05) is 0 Å². The summed E-state index contributed by atoms with van der Waals surface area (Å²) < 4.78 is 0. The molecule has 2 aromatic rings. The fraction of sp³-hybridized carbons (Fsp3) is 0.478. The Morgan fingerprint density at radius 2 is 0.920 bits per heavy atom. The lowest BCUT2D eigenvalue weighted by atomic mass is 9.67. The van der Waals surface area contributed by atoms with Gasteiger partial charge in [-0.15, -0.1) is 0 Å². The third-order valence-corrected chi connectivity index (χ3v) is 6.74. The van der Waals surface area contributed by atoms with Crippen molar-refractivity contribution < 1.29 is 0 Å². The summed E-state index contributed by atoms with van der Waals surface area (Å²) in [6, 6.07) is 18.8. The van der Waals surface area contributed by atoms with Crippen LogP contribution in [0.3, 0.4) is 0 Å². The van der Waals surface area contributed by atoms with E-state index in [2.05, 4.69) is 86.5 Å². The van der Waals surface area contributed by atoms with Crippen LogP contribution in [0.5, 0.6) is 0 Å². The Balaban J connectivity index is 1.81. The summed E-state index contributed by atoms with van der Waals surface area (Å²) in [6.07, 6.45) is 5.54. The van der Waals surface area contributed by atoms with Crippen molar-refractivity contribution in [1.82, 2.24) is 0 Å². The second kappa shape index (κ2) is 6.09. The van der Waals surface area contributed by atoms with Crippen LogP contribution in [0.25, 0.3) is 0 Å². The summed E-state index contributed by atoms with van der Waals surface area (Å²) >= 11 is 0. The van der Waals surface area contributed by atoms with Crippen molar-refractivity contribution in [2.45, 2.75) is 31.1 Å². The largest absolute Gasteiger partial charge is 0.378 e. The van der Waals surface area contributed by atoms with Crippen LogP contribution in [-0.4, -0.2) is 28.2 Å². The van der Waals surface area contributed by atoms with E-state index in [4.69, 9.17) is 0 Å². The lowest BCUT2D eigenvalue weighted by Gasteiger charge is -2.37. The SMILES string of the molecule is CN(C)c1ccc(C2(c3ccc(N(C)C)cc3)C3CCC2CC3)cc1. The van der Waals surface area contributed by atoms with Crippen molar-refractivity contribution in [2.24, 2.45) is 11.8 Å². The number of hydrogen-bond donors (Lipinski definition) is 0. The molecule has 0 saturated heterocycles. The average molecular weight is 335 g/mol. The molecule has 2 saturated carbocycles. The lowest BCUT2D eigenvalue weighted by molar-refractivity contribution is 0.390. The maximum Gasteiger partial charge on any atom is 0.0361 e. The van der Waals surface area contributed by atoms with Gasteiger partial charge in [-0.2, -0.15) is 0 Å². The molecule has 2 fully saturated rings. The summed E-state index contributed by atoms with van der Waals surface area (Å²) in [5.74, 6) is 1.60. The van der Waals surface area contributed by atoms with Gasteiger partial charge in [-0.05, 0) is 72.9 Å². The second-order valence-corrected chi connectivity index (χ2v) is 8.30. The summed E-state index contributed by atoms with van der Waals surface area (Å²) in [7, 11) is 8.46. The van der Waals surface area contributed by atoms with E-state index in [1.165, 1.54) is 48.2 Å². The van der Waals surface area contributed by atoms with Crippen molar-refractivity contribution in [3.63, 3.8) is 0 Å². The average Bonchev–Trinajstić information content (AvgIpc) is 3.18. The van der Waals surface area contributed by atoms with Crippen molar-refractivity contribution in [3.05, 3.63) is 59.7 Å². The standard InChI is InChI=1S/C23H30N2/c1-24(2)21-13-9-19(10-14-21)23(17-5-6-18(23)8-7-17)20-11-15-22(16-12-20)25(3)4/h9-18H,5-8H2,1-4H3. The summed E-state index contributed by atoms with van der Waals surface area (Å²) in [4.78, 5) is 4.37. The molecule has 2 aliphatic carbocycles. The fourth-order valence-corrected chi connectivity index (χ4v) is 5.52. The molecule has 0 unspecified atom stereocenters. The molecular weight excluding hydrogens is 304 g/mol. The molecule has 132 valence electrons. The van der Waals surface area contributed by atoms with Crippen molar-refractivity contribution in [1.29, 1.82) is 0 Å². The molecule has 4 rings (SSSR count). The number of rotatable bonds is 4. The van der Waals surface area contributed by atoms with Gasteiger partial charge in [0.2, 0.25) is 0 Å². The molecule has 0 amide bonds. The smallest absolute Gasteiger partial charge is 0.0361 e. The minimum atomic E-state index is 0.232. The normalized spacial score (nSPS) is 23.7. The van der Waals surface area contributed by atoms with Gasteiger partial charge in [0.1, 0.15) is 0 Å². The maximum atomic E-state index is 2.39. The van der Waals surface area contributed by atoms with Gasteiger partial charge in [0.15, 0.2) is 0 Å². The van der Waals surface area contributed by atoms with E-state index in [1.54, 1.807) is 0 Å². The first-order chi connectivity index (χ1) is 12.0. The molecule has 25 heavy (non-hydrogen) atoms. The Hall–Kier alpha value is -1.96. The van der Waals surface area contributed by atoms with Gasteiger partial charge in [0, 0.05) is 45.0 Å². The van der Waals surface area contributed by atoms with Crippen molar-refractivity contribution >= 4 is 11.4 Å². The van der Waals surface area contributed by atoms with E-state index in [0.29, 0.717) is 0 Å². The summed E-state index contributed by atoms with van der Waals surface area (Å²) in [5, 5.41) is 0. The van der Waals surface area contributed by atoms with Crippen LogP contribution in [-0.2, 0) is 5.41 Å². The van der Waals surface area contributed by atoms with Gasteiger partial charge in [-0.3, -0.25) is 0 Å². The highest BCUT2D eigenvalue weighted by atomic mass is 15.1. The Morgan fingerprint density at radius 3 is 1.20 bits per heavy atom. The van der Waals surface area contributed by atoms with E-state index in [9.17, 15) is 0 Å². The highest BCUT2D eigenvalue weighted by molar-refractivity contribution is 5.54. The van der Waals surface area contributed by atoms with E-state index < -0.39 is 0 Å². The number of anilines is 2. The Morgan fingerprint density at radius 1 is 0.600 bits per heavy atom. The van der Waals surface area contributed by atoms with Crippen LogP contribution < -0.4 is 9.80 Å². The molecule has 0 spiro atoms. The second-order valence-electron chi connectivity index (χ2n) is 8.30. The molecule has 2 nitrogen and oxygen atoms in total. The zero-order valence-electron chi connectivity index (χ0n) is 16.0. The van der Waals surface area contributed by atoms with Gasteiger partial charge >= 0.3 is 0 Å². The molecule has 0 N–H and O–H groups in total. The maximum absolute atomic E-state index is 2.39. The Bertz CT molecular complexity index is 654. The quantitative estimate of drug-likeness (QED) is 0.782. The van der Waals surface area contributed by atoms with Crippen LogP contribution in [0.2, 0.25) is 0 Å².